The van der Waals surface area contributed by atoms with E-state index < -0.39 is 5.91 Å². The van der Waals surface area contributed by atoms with Crippen LogP contribution in [-0.4, -0.2) is 52.7 Å². The largest absolute Gasteiger partial charge is 0.366 e. The third kappa shape index (κ3) is 4.89. The summed E-state index contributed by atoms with van der Waals surface area (Å²) in [5.74, 6) is 0.478. The summed E-state index contributed by atoms with van der Waals surface area (Å²) in [6.07, 6.45) is 3.15. The number of hydrogen-bond donors (Lipinski definition) is 2. The highest BCUT2D eigenvalue weighted by Crippen LogP contribution is 2.44. The Hall–Kier alpha value is -2.70. The second-order valence-electron chi connectivity index (χ2n) is 8.50. The molecule has 2 amide bonds. The number of rotatable bonds is 7. The van der Waals surface area contributed by atoms with E-state index in [-0.39, 0.29) is 11.9 Å². The molecule has 2 atom stereocenters. The van der Waals surface area contributed by atoms with E-state index in [9.17, 15) is 14.8 Å². The molecule has 2 aliphatic rings. The van der Waals surface area contributed by atoms with Gasteiger partial charge in [0.2, 0.25) is 11.8 Å². The lowest BCUT2D eigenvalue weighted by atomic mass is 9.96. The van der Waals surface area contributed by atoms with Crippen molar-refractivity contribution in [2.45, 2.75) is 37.6 Å². The Labute approximate surface area is 177 Å². The summed E-state index contributed by atoms with van der Waals surface area (Å²) in [5, 5.41) is 12.1. The first-order valence-electron chi connectivity index (χ1n) is 10.7. The summed E-state index contributed by atoms with van der Waals surface area (Å²) in [5.41, 5.74) is 7.88. The number of hydroxylamine groups is 2. The van der Waals surface area contributed by atoms with Crippen molar-refractivity contribution >= 4 is 11.8 Å². The number of piperidine rings is 1. The molecule has 3 N–H and O–H groups in total. The van der Waals surface area contributed by atoms with Crippen molar-refractivity contribution in [3.05, 3.63) is 71.3 Å². The van der Waals surface area contributed by atoms with Crippen molar-refractivity contribution in [2.75, 3.05) is 19.6 Å². The Morgan fingerprint density at radius 2 is 1.70 bits per heavy atom. The van der Waals surface area contributed by atoms with Crippen LogP contribution in [0, 0.1) is 5.92 Å². The molecule has 2 aromatic carbocycles. The molecule has 6 nitrogen and oxygen atoms in total. The van der Waals surface area contributed by atoms with Gasteiger partial charge in [0.25, 0.3) is 0 Å². The molecular formula is C24H29N3O3. The third-order valence-electron chi connectivity index (χ3n) is 6.37. The zero-order valence-electron chi connectivity index (χ0n) is 17.1. The van der Waals surface area contributed by atoms with Crippen LogP contribution in [0.2, 0.25) is 0 Å². The van der Waals surface area contributed by atoms with Gasteiger partial charge in [0.05, 0.1) is 6.42 Å². The fraction of sp³-hybridized carbons (Fsp3) is 0.417. The van der Waals surface area contributed by atoms with Gasteiger partial charge in [0.1, 0.15) is 0 Å². The van der Waals surface area contributed by atoms with E-state index in [0.29, 0.717) is 30.4 Å². The average Bonchev–Trinajstić information content (AvgIpc) is 3.56. The van der Waals surface area contributed by atoms with E-state index in [4.69, 9.17) is 5.73 Å². The summed E-state index contributed by atoms with van der Waals surface area (Å²) in [6, 6.07) is 17.5. The molecule has 30 heavy (non-hydrogen) atoms. The molecule has 2 fully saturated rings. The van der Waals surface area contributed by atoms with Gasteiger partial charge in [-0.3, -0.25) is 9.59 Å². The molecule has 6 heteroatoms. The number of nitrogens with zero attached hydrogens (tertiary/aromatic N) is 2. The van der Waals surface area contributed by atoms with E-state index in [0.717, 1.165) is 37.9 Å². The Morgan fingerprint density at radius 3 is 2.33 bits per heavy atom. The number of hydrogen-bond acceptors (Lipinski definition) is 4. The minimum Gasteiger partial charge on any atom is -0.366 e. The van der Waals surface area contributed by atoms with E-state index in [1.54, 1.807) is 24.3 Å². The molecule has 1 aliphatic carbocycles. The van der Waals surface area contributed by atoms with Gasteiger partial charge in [-0.1, -0.05) is 42.5 Å². The second-order valence-corrected chi connectivity index (χ2v) is 8.50. The van der Waals surface area contributed by atoms with Crippen LogP contribution in [-0.2, 0) is 11.2 Å². The van der Waals surface area contributed by atoms with Crippen LogP contribution < -0.4 is 5.73 Å². The van der Waals surface area contributed by atoms with Crippen LogP contribution in [0.4, 0.5) is 0 Å². The highest BCUT2D eigenvalue weighted by atomic mass is 16.5. The maximum Gasteiger partial charge on any atom is 0.248 e. The third-order valence-corrected chi connectivity index (χ3v) is 6.37. The molecule has 1 aliphatic heterocycles. The van der Waals surface area contributed by atoms with Gasteiger partial charge in [-0.2, -0.15) is 5.06 Å². The molecule has 158 valence electrons. The molecule has 0 bridgehead atoms. The normalized spacial score (nSPS) is 21.6. The van der Waals surface area contributed by atoms with Crippen LogP contribution in [0.3, 0.4) is 0 Å². The molecule has 0 spiro atoms. The Morgan fingerprint density at radius 1 is 1.03 bits per heavy atom. The lowest BCUT2D eigenvalue weighted by Crippen LogP contribution is -2.42. The van der Waals surface area contributed by atoms with Crippen molar-refractivity contribution in [1.82, 2.24) is 9.96 Å². The van der Waals surface area contributed by atoms with Crippen LogP contribution in [0.5, 0.6) is 0 Å². The molecule has 4 rings (SSSR count). The number of carbonyl (C=O) groups excluding carboxylic acids is 2. The predicted octanol–water partition coefficient (Wildman–Crippen LogP) is 2.81. The molecule has 2 unspecified atom stereocenters. The lowest BCUT2D eigenvalue weighted by Gasteiger charge is -2.33. The van der Waals surface area contributed by atoms with Crippen molar-refractivity contribution in [3.8, 4) is 0 Å². The van der Waals surface area contributed by atoms with E-state index in [1.807, 2.05) is 23.1 Å². The van der Waals surface area contributed by atoms with Gasteiger partial charge < -0.3 is 15.8 Å². The number of carbonyl (C=O) groups is 2. The van der Waals surface area contributed by atoms with E-state index >= 15 is 0 Å². The monoisotopic (exact) mass is 407 g/mol. The molecule has 0 radical (unpaired) electrons. The standard InChI is InChI=1S/C24H29N3O3/c25-24(29)20-8-6-17(7-9-20)14-23(28)26-12-10-18(11-13-26)16-27(30)22-15-21(22)19-4-2-1-3-5-19/h1-9,18,21-22,30H,10-16H2,(H2,25,29). The number of likely N-dealkylation sites (tertiary alicyclic amines) is 1. The first kappa shape index (κ1) is 20.6. The number of nitrogens with two attached hydrogens (primary N) is 1. The number of amides is 2. The van der Waals surface area contributed by atoms with E-state index in [2.05, 4.69) is 12.1 Å². The Balaban J connectivity index is 1.21. The van der Waals surface area contributed by atoms with Gasteiger partial charge >= 0.3 is 0 Å². The van der Waals surface area contributed by atoms with Crippen molar-refractivity contribution in [1.29, 1.82) is 0 Å². The fourth-order valence-corrected chi connectivity index (χ4v) is 4.41. The summed E-state index contributed by atoms with van der Waals surface area (Å²) in [7, 11) is 0. The SMILES string of the molecule is NC(=O)c1ccc(CC(=O)N2CCC(CN(O)C3CC3c3ccccc3)CC2)cc1. The number of primary amides is 1. The van der Waals surface area contributed by atoms with Gasteiger partial charge in [0.15, 0.2) is 0 Å². The summed E-state index contributed by atoms with van der Waals surface area (Å²) in [4.78, 5) is 25.7. The molecule has 2 aromatic rings. The summed E-state index contributed by atoms with van der Waals surface area (Å²) < 4.78 is 0. The van der Waals surface area contributed by atoms with Crippen LogP contribution >= 0.6 is 0 Å². The maximum absolute atomic E-state index is 12.6. The fourth-order valence-electron chi connectivity index (χ4n) is 4.41. The van der Waals surface area contributed by atoms with Gasteiger partial charge in [-0.05, 0) is 48.4 Å². The lowest BCUT2D eigenvalue weighted by molar-refractivity contribution is -0.134. The topological polar surface area (TPSA) is 86.9 Å². The van der Waals surface area contributed by atoms with E-state index in [1.165, 1.54) is 10.6 Å². The predicted molar refractivity (Wildman–Crippen MR) is 114 cm³/mol. The average molecular weight is 408 g/mol. The summed E-state index contributed by atoms with van der Waals surface area (Å²) in [6.45, 7) is 2.12. The molecule has 0 aromatic heterocycles. The quantitative estimate of drug-likeness (QED) is 0.691. The highest BCUT2D eigenvalue weighted by molar-refractivity contribution is 5.92. The molecular weight excluding hydrogens is 378 g/mol. The molecule has 1 saturated carbocycles. The van der Waals surface area contributed by atoms with Crippen LogP contribution in [0.1, 0.15) is 46.7 Å². The molecule has 1 saturated heterocycles. The highest BCUT2D eigenvalue weighted by Gasteiger charge is 2.43. The molecule has 1 heterocycles. The first-order chi connectivity index (χ1) is 14.5. The van der Waals surface area contributed by atoms with Gasteiger partial charge in [-0.25, -0.2) is 0 Å². The van der Waals surface area contributed by atoms with Crippen LogP contribution in [0.25, 0.3) is 0 Å². The summed E-state index contributed by atoms with van der Waals surface area (Å²) >= 11 is 0. The van der Waals surface area contributed by atoms with Crippen molar-refractivity contribution < 1.29 is 14.8 Å². The minimum atomic E-state index is -0.464. The van der Waals surface area contributed by atoms with Gasteiger partial charge in [0, 0.05) is 37.2 Å². The van der Waals surface area contributed by atoms with Crippen molar-refractivity contribution in [3.63, 3.8) is 0 Å². The minimum absolute atomic E-state index is 0.104. The zero-order valence-corrected chi connectivity index (χ0v) is 17.1. The smallest absolute Gasteiger partial charge is 0.248 e. The van der Waals surface area contributed by atoms with Crippen molar-refractivity contribution in [2.24, 2.45) is 11.7 Å². The van der Waals surface area contributed by atoms with Gasteiger partial charge in [-0.15, -0.1) is 0 Å². The second kappa shape index (κ2) is 8.98. The Kier molecular flexibility index (Phi) is 6.16. The Bertz CT molecular complexity index is 876. The zero-order chi connectivity index (χ0) is 21.1. The first-order valence-corrected chi connectivity index (χ1v) is 10.7. The number of benzene rings is 2. The van der Waals surface area contributed by atoms with Crippen LogP contribution in [0.15, 0.2) is 54.6 Å². The maximum atomic E-state index is 12.6.